The number of aromatic nitrogens is 3. The van der Waals surface area contributed by atoms with Gasteiger partial charge in [-0.05, 0) is 82.0 Å². The van der Waals surface area contributed by atoms with Gasteiger partial charge in [0.2, 0.25) is 0 Å². The first kappa shape index (κ1) is 28.9. The van der Waals surface area contributed by atoms with E-state index in [1.165, 1.54) is 31.6 Å². The maximum Gasteiger partial charge on any atom is 0.271 e. The highest BCUT2D eigenvalue weighted by atomic mass is 16.5. The third kappa shape index (κ3) is 6.36. The average Bonchev–Trinajstić information content (AvgIpc) is 3.80. The van der Waals surface area contributed by atoms with Crippen LogP contribution in [-0.2, 0) is 4.74 Å². The van der Waals surface area contributed by atoms with Crippen molar-refractivity contribution in [3.05, 3.63) is 54.4 Å². The molecule has 2 aromatic heterocycles. The first-order valence-electron chi connectivity index (χ1n) is 16.0. The second-order valence-corrected chi connectivity index (χ2v) is 12.8. The molecule has 44 heavy (non-hydrogen) atoms. The number of hydrogen-bond acceptors (Lipinski definition) is 10. The third-order valence-corrected chi connectivity index (χ3v) is 9.69. The van der Waals surface area contributed by atoms with Crippen LogP contribution in [0, 0.1) is 0 Å². The number of nitrogens with two attached hydrogens (primary N) is 1. The number of piperidine rings is 1. The highest BCUT2D eigenvalue weighted by Gasteiger charge is 2.48. The Morgan fingerprint density at radius 1 is 0.955 bits per heavy atom. The zero-order valence-corrected chi connectivity index (χ0v) is 25.5. The fourth-order valence-electron chi connectivity index (χ4n) is 6.88. The molecule has 3 aromatic rings. The van der Waals surface area contributed by atoms with E-state index in [2.05, 4.69) is 49.5 Å². The van der Waals surface area contributed by atoms with Crippen molar-refractivity contribution in [1.82, 2.24) is 24.8 Å². The fourth-order valence-corrected chi connectivity index (χ4v) is 6.88. The van der Waals surface area contributed by atoms with Crippen LogP contribution in [-0.4, -0.2) is 101 Å². The van der Waals surface area contributed by atoms with Crippen LogP contribution >= 0.6 is 0 Å². The summed E-state index contributed by atoms with van der Waals surface area (Å²) in [5, 5.41) is 6.95. The molecule has 1 saturated carbocycles. The van der Waals surface area contributed by atoms with Crippen molar-refractivity contribution < 1.29 is 9.53 Å². The molecule has 5 heterocycles. The molecule has 1 spiro atoms. The standard InChI is InChI=1S/C33H43N9O2/c1-40-17-19-42(20-18-40)26-9-15-41(16-10-26)25-7-5-23(6-8-25)36-32-29(30(34)43)38-28(27-4-2-3-14-35-27)31(39-32)37-24-11-21-44-33(22-24)12-13-33/h2-8,14,24,26H,9-13,15-22H2,1H3,(H2,34,43)(H2,36,37,39). The van der Waals surface area contributed by atoms with Crippen molar-refractivity contribution in [2.45, 2.75) is 56.2 Å². The van der Waals surface area contributed by atoms with Crippen LogP contribution in [0.3, 0.4) is 0 Å². The van der Waals surface area contributed by atoms with Crippen LogP contribution in [0.5, 0.6) is 0 Å². The van der Waals surface area contributed by atoms with Crippen LogP contribution in [0.4, 0.5) is 23.0 Å². The summed E-state index contributed by atoms with van der Waals surface area (Å²) in [4.78, 5) is 34.3. The topological polar surface area (TPSA) is 125 Å². The van der Waals surface area contributed by atoms with Gasteiger partial charge < -0.3 is 30.9 Å². The molecule has 1 aromatic carbocycles. The van der Waals surface area contributed by atoms with Crippen molar-refractivity contribution in [2.75, 3.05) is 68.5 Å². The Hall–Kier alpha value is -3.80. The van der Waals surface area contributed by atoms with Crippen LogP contribution in [0.1, 0.15) is 49.0 Å². The molecular formula is C33H43N9O2. The molecule has 232 valence electrons. The van der Waals surface area contributed by atoms with Gasteiger partial charge in [-0.15, -0.1) is 0 Å². The summed E-state index contributed by atoms with van der Waals surface area (Å²) >= 11 is 0. The Kier molecular flexibility index (Phi) is 8.09. The van der Waals surface area contributed by atoms with E-state index >= 15 is 0 Å². The Bertz CT molecular complexity index is 1450. The molecule has 0 radical (unpaired) electrons. The smallest absolute Gasteiger partial charge is 0.271 e. The number of ether oxygens (including phenoxy) is 1. The number of nitrogens with one attached hydrogen (secondary N) is 2. The van der Waals surface area contributed by atoms with E-state index in [1.54, 1.807) is 6.20 Å². The summed E-state index contributed by atoms with van der Waals surface area (Å²) in [7, 11) is 2.21. The molecule has 7 rings (SSSR count). The van der Waals surface area contributed by atoms with Gasteiger partial charge in [0, 0.05) is 75.5 Å². The first-order chi connectivity index (χ1) is 21.4. The van der Waals surface area contributed by atoms with Gasteiger partial charge in [-0.1, -0.05) is 6.07 Å². The van der Waals surface area contributed by atoms with Crippen LogP contribution in [0.2, 0.25) is 0 Å². The lowest BCUT2D eigenvalue weighted by Gasteiger charge is -2.42. The largest absolute Gasteiger partial charge is 0.375 e. The number of hydrogen-bond donors (Lipinski definition) is 3. The predicted octanol–water partition coefficient (Wildman–Crippen LogP) is 3.72. The molecule has 3 aliphatic heterocycles. The number of carbonyl (C=O) groups excluding carboxylic acids is 1. The summed E-state index contributed by atoms with van der Waals surface area (Å²) in [5.74, 6) is 0.263. The Morgan fingerprint density at radius 3 is 2.41 bits per heavy atom. The highest BCUT2D eigenvalue weighted by molar-refractivity contribution is 5.97. The SMILES string of the molecule is CN1CCN(C2CCN(c3ccc(Nc4nc(NC5CCOC6(CC6)C5)c(-c5ccccn5)nc4C(N)=O)cc3)CC2)CC1. The zero-order valence-electron chi connectivity index (χ0n) is 25.5. The highest BCUT2D eigenvalue weighted by Crippen LogP contribution is 2.47. The first-order valence-corrected chi connectivity index (χ1v) is 16.0. The van der Waals surface area contributed by atoms with Crippen LogP contribution in [0.15, 0.2) is 48.7 Å². The number of anilines is 4. The number of amides is 1. The van der Waals surface area contributed by atoms with E-state index in [9.17, 15) is 4.79 Å². The molecule has 11 heteroatoms. The van der Waals surface area contributed by atoms with Gasteiger partial charge in [0.15, 0.2) is 17.3 Å². The molecule has 11 nitrogen and oxygen atoms in total. The molecule has 3 saturated heterocycles. The summed E-state index contributed by atoms with van der Waals surface area (Å²) < 4.78 is 6.03. The lowest BCUT2D eigenvalue weighted by molar-refractivity contribution is -0.00884. The number of benzene rings is 1. The zero-order chi connectivity index (χ0) is 30.1. The van der Waals surface area contributed by atoms with Gasteiger partial charge >= 0.3 is 0 Å². The lowest BCUT2D eigenvalue weighted by atomic mass is 10.0. The van der Waals surface area contributed by atoms with Crippen LogP contribution < -0.4 is 21.3 Å². The summed E-state index contributed by atoms with van der Waals surface area (Å²) in [6, 6.07) is 14.8. The van der Waals surface area contributed by atoms with Crippen molar-refractivity contribution >= 4 is 28.9 Å². The number of pyridine rings is 1. The lowest BCUT2D eigenvalue weighted by Crippen LogP contribution is -2.52. The monoisotopic (exact) mass is 597 g/mol. The van der Waals surface area contributed by atoms with E-state index in [0.717, 1.165) is 57.5 Å². The summed E-state index contributed by atoms with van der Waals surface area (Å²) in [6.45, 7) is 7.50. The molecule has 1 atom stereocenters. The molecule has 1 amide bonds. The third-order valence-electron chi connectivity index (χ3n) is 9.69. The van der Waals surface area contributed by atoms with Gasteiger partial charge in [-0.25, -0.2) is 9.97 Å². The van der Waals surface area contributed by atoms with Crippen molar-refractivity contribution in [2.24, 2.45) is 5.73 Å². The minimum atomic E-state index is -0.647. The van der Waals surface area contributed by atoms with Gasteiger partial charge in [0.25, 0.3) is 5.91 Å². The summed E-state index contributed by atoms with van der Waals surface area (Å²) in [6.07, 6.45) is 8.08. The van der Waals surface area contributed by atoms with E-state index < -0.39 is 5.91 Å². The maximum atomic E-state index is 12.6. The number of nitrogens with zero attached hydrogens (tertiary/aromatic N) is 6. The minimum absolute atomic E-state index is 0.00430. The van der Waals surface area contributed by atoms with E-state index in [4.69, 9.17) is 20.4 Å². The quantitative estimate of drug-likeness (QED) is 0.354. The second-order valence-electron chi connectivity index (χ2n) is 12.8. The van der Waals surface area contributed by atoms with E-state index in [-0.39, 0.29) is 17.3 Å². The van der Waals surface area contributed by atoms with E-state index in [0.29, 0.717) is 35.7 Å². The normalized spacial score (nSPS) is 22.6. The Morgan fingerprint density at radius 2 is 1.73 bits per heavy atom. The average molecular weight is 598 g/mol. The molecular weight excluding hydrogens is 554 g/mol. The number of rotatable bonds is 8. The van der Waals surface area contributed by atoms with Gasteiger partial charge in [-0.2, -0.15) is 0 Å². The van der Waals surface area contributed by atoms with E-state index in [1.807, 2.05) is 30.3 Å². The fraction of sp³-hybridized carbons (Fsp3) is 0.515. The molecule has 4 aliphatic rings. The molecule has 1 aliphatic carbocycles. The van der Waals surface area contributed by atoms with Crippen molar-refractivity contribution in [3.8, 4) is 11.4 Å². The number of carbonyl (C=O) groups is 1. The van der Waals surface area contributed by atoms with Gasteiger partial charge in [0.05, 0.1) is 11.3 Å². The summed E-state index contributed by atoms with van der Waals surface area (Å²) in [5.41, 5.74) is 9.08. The minimum Gasteiger partial charge on any atom is -0.375 e. The molecule has 1 unspecified atom stereocenters. The molecule has 0 bridgehead atoms. The van der Waals surface area contributed by atoms with Gasteiger partial charge in [-0.3, -0.25) is 14.7 Å². The van der Waals surface area contributed by atoms with Crippen LogP contribution in [0.25, 0.3) is 11.4 Å². The molecule has 4 N–H and O–H groups in total. The maximum absolute atomic E-state index is 12.6. The molecule has 4 fully saturated rings. The van der Waals surface area contributed by atoms with Crippen molar-refractivity contribution in [3.63, 3.8) is 0 Å². The Labute approximate surface area is 259 Å². The number of piperazine rings is 1. The number of likely N-dealkylation sites (N-methyl/N-ethyl adjacent to an activating group) is 1. The number of primary amides is 1. The Balaban J connectivity index is 1.08. The second kappa shape index (κ2) is 12.3. The van der Waals surface area contributed by atoms with Crippen molar-refractivity contribution in [1.29, 1.82) is 0 Å². The van der Waals surface area contributed by atoms with Gasteiger partial charge in [0.1, 0.15) is 5.69 Å². The predicted molar refractivity (Wildman–Crippen MR) is 172 cm³/mol.